The van der Waals surface area contributed by atoms with Crippen LogP contribution < -0.4 is 0 Å². The van der Waals surface area contributed by atoms with Crippen molar-refractivity contribution in [3.8, 4) is 0 Å². The first-order valence-corrected chi connectivity index (χ1v) is 26.8. The molecule has 0 fully saturated rings. The van der Waals surface area contributed by atoms with Gasteiger partial charge in [-0.15, -0.1) is 0 Å². The minimum atomic E-state index is -4.40. The molecule has 0 aliphatic rings. The lowest BCUT2D eigenvalue weighted by molar-refractivity contribution is 0.215. The van der Waals surface area contributed by atoms with E-state index in [1.54, 1.807) is 6.08 Å². The first kappa shape index (κ1) is 62.0. The van der Waals surface area contributed by atoms with E-state index in [-0.39, 0.29) is 6.61 Å². The van der Waals surface area contributed by atoms with Crippen LogP contribution in [-0.2, 0) is 9.09 Å². The standard InChI is InChI=1S/C60H99O4P/c1-49(2)25-14-26-50(3)27-15-28-51(4)29-16-30-52(5)31-17-32-53(6)33-18-34-54(7)35-19-36-55(8)37-20-38-56(9)39-21-40-57(10)41-22-42-58(11)43-23-44-59(12)45-24-46-60(13)47-48-64-65(61,62)63/h25,27,29,31,33,35,37,39,41,43,45,47H,14-24,26,28,30,32,34,36,38,40,42,44,46,48H2,1-13H3,(H2,61,62,63). The molecule has 2 N–H and O–H groups in total. The lowest BCUT2D eigenvalue weighted by Gasteiger charge is -2.04. The molecule has 0 amide bonds. The van der Waals surface area contributed by atoms with E-state index in [1.165, 1.54) is 87.0 Å². The Morgan fingerprint density at radius 2 is 0.446 bits per heavy atom. The summed E-state index contributed by atoms with van der Waals surface area (Å²) in [5.41, 5.74) is 17.4. The van der Waals surface area contributed by atoms with Gasteiger partial charge < -0.3 is 9.79 Å². The summed E-state index contributed by atoms with van der Waals surface area (Å²) in [4.78, 5) is 17.6. The fourth-order valence-corrected chi connectivity index (χ4v) is 7.72. The van der Waals surface area contributed by atoms with Crippen LogP contribution >= 0.6 is 7.82 Å². The summed E-state index contributed by atoms with van der Waals surface area (Å²) in [5, 5.41) is 0. The molecule has 0 radical (unpaired) electrons. The number of phosphoric acid groups is 1. The summed E-state index contributed by atoms with van der Waals surface area (Å²) >= 11 is 0. The summed E-state index contributed by atoms with van der Waals surface area (Å²) in [6, 6.07) is 0. The summed E-state index contributed by atoms with van der Waals surface area (Å²) in [6.07, 6.45) is 52.9. The minimum absolute atomic E-state index is 0.0554. The molecule has 0 atom stereocenters. The topological polar surface area (TPSA) is 66.8 Å². The van der Waals surface area contributed by atoms with Gasteiger partial charge in [-0.3, -0.25) is 4.52 Å². The summed E-state index contributed by atoms with van der Waals surface area (Å²) in [5.74, 6) is 0. The van der Waals surface area contributed by atoms with Gasteiger partial charge in [0, 0.05) is 0 Å². The molecule has 0 saturated heterocycles. The Morgan fingerprint density at radius 1 is 0.292 bits per heavy atom. The highest BCUT2D eigenvalue weighted by Crippen LogP contribution is 2.35. The molecule has 0 spiro atoms. The van der Waals surface area contributed by atoms with Crippen LogP contribution in [0.3, 0.4) is 0 Å². The highest BCUT2D eigenvalue weighted by Gasteiger charge is 2.11. The number of allylic oxidation sites excluding steroid dienone is 23. The van der Waals surface area contributed by atoms with Gasteiger partial charge in [-0.2, -0.15) is 0 Å². The van der Waals surface area contributed by atoms with Crippen LogP contribution in [-0.4, -0.2) is 16.4 Å². The quantitative estimate of drug-likeness (QED) is 0.0485. The maximum Gasteiger partial charge on any atom is 0.469 e. The van der Waals surface area contributed by atoms with Crippen molar-refractivity contribution in [2.45, 2.75) is 231 Å². The predicted molar refractivity (Wildman–Crippen MR) is 290 cm³/mol. The summed E-state index contributed by atoms with van der Waals surface area (Å²) in [7, 11) is -4.40. The molecule has 4 nitrogen and oxygen atoms in total. The highest BCUT2D eigenvalue weighted by molar-refractivity contribution is 7.46. The molecular weight excluding hydrogens is 816 g/mol. The lowest BCUT2D eigenvalue weighted by atomic mass is 10.0. The van der Waals surface area contributed by atoms with Crippen molar-refractivity contribution in [2.24, 2.45) is 0 Å². The molecule has 0 aliphatic heterocycles. The molecule has 0 heterocycles. The molecule has 0 aromatic carbocycles. The zero-order valence-electron chi connectivity index (χ0n) is 44.3. The van der Waals surface area contributed by atoms with Gasteiger partial charge in [0.25, 0.3) is 0 Å². The summed E-state index contributed by atoms with van der Waals surface area (Å²) in [6.45, 7) is 29.0. The fraction of sp³-hybridized carbons (Fsp3) is 0.600. The van der Waals surface area contributed by atoms with Crippen molar-refractivity contribution in [1.29, 1.82) is 0 Å². The molecule has 0 aromatic rings. The lowest BCUT2D eigenvalue weighted by Crippen LogP contribution is -1.89. The molecule has 0 aromatic heterocycles. The number of rotatable bonds is 36. The highest BCUT2D eigenvalue weighted by atomic mass is 31.2. The normalized spacial score (nSPS) is 15.1. The van der Waals surface area contributed by atoms with Gasteiger partial charge in [0.2, 0.25) is 0 Å². The molecule has 368 valence electrons. The predicted octanol–water partition coefficient (Wildman–Crippen LogP) is 20.1. The zero-order chi connectivity index (χ0) is 48.9. The Bertz CT molecular complexity index is 1770. The molecule has 0 saturated carbocycles. The Hall–Kier alpha value is -3.01. The first-order valence-electron chi connectivity index (χ1n) is 25.3. The van der Waals surface area contributed by atoms with Crippen molar-refractivity contribution in [3.05, 3.63) is 140 Å². The van der Waals surface area contributed by atoms with Crippen molar-refractivity contribution in [2.75, 3.05) is 6.61 Å². The van der Waals surface area contributed by atoms with Gasteiger partial charge in [-0.25, -0.2) is 4.57 Å². The largest absolute Gasteiger partial charge is 0.469 e. The number of hydrogen-bond donors (Lipinski definition) is 2. The third kappa shape index (κ3) is 43.3. The van der Waals surface area contributed by atoms with Crippen LogP contribution in [0, 0.1) is 0 Å². The van der Waals surface area contributed by atoms with Gasteiger partial charge in [0.05, 0.1) is 6.61 Å². The second-order valence-corrected chi connectivity index (χ2v) is 20.8. The average Bonchev–Trinajstić information content (AvgIpc) is 3.20. The molecule has 0 rings (SSSR count). The van der Waals surface area contributed by atoms with Crippen LogP contribution in [0.4, 0.5) is 0 Å². The Balaban J connectivity index is 4.29. The van der Waals surface area contributed by atoms with E-state index < -0.39 is 7.82 Å². The van der Waals surface area contributed by atoms with Crippen LogP contribution in [0.1, 0.15) is 231 Å². The second-order valence-electron chi connectivity index (χ2n) is 19.5. The maximum absolute atomic E-state index is 10.8. The van der Waals surface area contributed by atoms with E-state index in [9.17, 15) is 4.57 Å². The van der Waals surface area contributed by atoms with Gasteiger partial charge in [0.1, 0.15) is 0 Å². The molecule has 0 aliphatic carbocycles. The number of hydrogen-bond acceptors (Lipinski definition) is 2. The maximum atomic E-state index is 10.8. The van der Waals surface area contributed by atoms with Gasteiger partial charge in [-0.1, -0.05) is 140 Å². The van der Waals surface area contributed by atoms with Crippen molar-refractivity contribution in [1.82, 2.24) is 0 Å². The van der Waals surface area contributed by atoms with Gasteiger partial charge in [0.15, 0.2) is 0 Å². The Labute approximate surface area is 402 Å². The SMILES string of the molecule is CC(C)=CCCC(C)=CCCC(C)=CCCC(C)=CCCC(C)=CCCC(C)=CCCC(C)=CCCC(C)=CCCC(C)=CCCC(C)=CCCC(C)=CCCC(C)=CCOP(=O)(O)O. The third-order valence-corrected chi connectivity index (χ3v) is 12.6. The van der Waals surface area contributed by atoms with Crippen LogP contribution in [0.5, 0.6) is 0 Å². The van der Waals surface area contributed by atoms with Crippen LogP contribution in [0.25, 0.3) is 0 Å². The third-order valence-electron chi connectivity index (χ3n) is 12.1. The Kier molecular flexibility index (Phi) is 37.2. The smallest absolute Gasteiger partial charge is 0.303 e. The van der Waals surface area contributed by atoms with E-state index in [0.29, 0.717) is 0 Å². The van der Waals surface area contributed by atoms with E-state index >= 15 is 0 Å². The minimum Gasteiger partial charge on any atom is -0.303 e. The van der Waals surface area contributed by atoms with Gasteiger partial charge >= 0.3 is 7.82 Å². The van der Waals surface area contributed by atoms with Crippen LogP contribution in [0.15, 0.2) is 140 Å². The molecule has 65 heavy (non-hydrogen) atoms. The molecule has 0 unspecified atom stereocenters. The summed E-state index contributed by atoms with van der Waals surface area (Å²) < 4.78 is 15.3. The van der Waals surface area contributed by atoms with Crippen molar-refractivity contribution in [3.63, 3.8) is 0 Å². The molecule has 0 bridgehead atoms. The van der Waals surface area contributed by atoms with E-state index in [4.69, 9.17) is 9.79 Å². The van der Waals surface area contributed by atoms with E-state index in [1.807, 2.05) is 6.92 Å². The zero-order valence-corrected chi connectivity index (χ0v) is 45.2. The van der Waals surface area contributed by atoms with Crippen molar-refractivity contribution >= 4 is 7.82 Å². The first-order chi connectivity index (χ1) is 30.7. The fourth-order valence-electron chi connectivity index (χ4n) is 7.45. The monoisotopic (exact) mass is 915 g/mol. The average molecular weight is 915 g/mol. The molecule has 5 heteroatoms. The Morgan fingerprint density at radius 3 is 0.600 bits per heavy atom. The van der Waals surface area contributed by atoms with E-state index in [0.717, 1.165) is 121 Å². The van der Waals surface area contributed by atoms with Crippen molar-refractivity contribution < 1.29 is 18.9 Å². The van der Waals surface area contributed by atoms with E-state index in [2.05, 4.69) is 154 Å². The number of phosphoric ester groups is 1. The van der Waals surface area contributed by atoms with Crippen LogP contribution in [0.2, 0.25) is 0 Å². The molecular formula is C60H99O4P. The second kappa shape index (κ2) is 39.0. The van der Waals surface area contributed by atoms with Gasteiger partial charge in [-0.05, 0) is 231 Å².